The van der Waals surface area contributed by atoms with Crippen molar-refractivity contribution in [1.29, 1.82) is 0 Å². The third-order valence-electron chi connectivity index (χ3n) is 2.31. The van der Waals surface area contributed by atoms with Crippen LogP contribution in [0.2, 0.25) is 5.02 Å². The third kappa shape index (κ3) is 2.87. The van der Waals surface area contributed by atoms with E-state index < -0.39 is 0 Å². The SMILES string of the molecule is COc1ccc(Cl)cc1C(Br)c1ccc(Br)o1. The molecular formula is C12H9Br2ClO2. The minimum absolute atomic E-state index is 0.0950. The van der Waals surface area contributed by atoms with E-state index in [1.54, 1.807) is 13.2 Å². The fourth-order valence-electron chi connectivity index (χ4n) is 1.52. The zero-order valence-corrected chi connectivity index (χ0v) is 12.8. The van der Waals surface area contributed by atoms with E-state index >= 15 is 0 Å². The first-order valence-electron chi connectivity index (χ1n) is 4.84. The highest BCUT2D eigenvalue weighted by atomic mass is 79.9. The van der Waals surface area contributed by atoms with Crippen molar-refractivity contribution in [2.24, 2.45) is 0 Å². The van der Waals surface area contributed by atoms with Crippen LogP contribution in [0.25, 0.3) is 0 Å². The monoisotopic (exact) mass is 378 g/mol. The van der Waals surface area contributed by atoms with Crippen molar-refractivity contribution in [3.63, 3.8) is 0 Å². The standard InChI is InChI=1S/C12H9Br2ClO2/c1-16-9-3-2-7(15)6-8(9)12(14)10-4-5-11(13)17-10/h2-6,12H,1H3. The summed E-state index contributed by atoms with van der Waals surface area (Å²) in [5, 5.41) is 0.663. The van der Waals surface area contributed by atoms with Gasteiger partial charge in [-0.3, -0.25) is 0 Å². The van der Waals surface area contributed by atoms with Gasteiger partial charge in [-0.15, -0.1) is 0 Å². The molecule has 1 atom stereocenters. The van der Waals surface area contributed by atoms with Gasteiger partial charge in [0.05, 0.1) is 7.11 Å². The molecule has 0 aliphatic heterocycles. The van der Waals surface area contributed by atoms with E-state index in [4.69, 9.17) is 20.8 Å². The summed E-state index contributed by atoms with van der Waals surface area (Å²) in [7, 11) is 1.63. The Morgan fingerprint density at radius 1 is 1.29 bits per heavy atom. The minimum Gasteiger partial charge on any atom is -0.496 e. The molecule has 0 radical (unpaired) electrons. The lowest BCUT2D eigenvalue weighted by Gasteiger charge is -2.12. The molecule has 2 rings (SSSR count). The van der Waals surface area contributed by atoms with Gasteiger partial charge in [0.25, 0.3) is 0 Å². The lowest BCUT2D eigenvalue weighted by molar-refractivity contribution is 0.408. The molecule has 2 aromatic rings. The minimum atomic E-state index is -0.0950. The van der Waals surface area contributed by atoms with Gasteiger partial charge < -0.3 is 9.15 Å². The molecule has 5 heteroatoms. The summed E-state index contributed by atoms with van der Waals surface area (Å²) in [6, 6.07) is 9.23. The topological polar surface area (TPSA) is 22.4 Å². The van der Waals surface area contributed by atoms with Crippen molar-refractivity contribution in [2.45, 2.75) is 4.83 Å². The first kappa shape index (κ1) is 13.0. The van der Waals surface area contributed by atoms with Gasteiger partial charge in [0, 0.05) is 10.6 Å². The first-order chi connectivity index (χ1) is 8.11. The molecular weight excluding hydrogens is 371 g/mol. The van der Waals surface area contributed by atoms with Crippen LogP contribution in [0.4, 0.5) is 0 Å². The molecule has 1 aromatic heterocycles. The number of methoxy groups -OCH3 is 1. The zero-order valence-electron chi connectivity index (χ0n) is 8.91. The summed E-state index contributed by atoms with van der Waals surface area (Å²) in [5.41, 5.74) is 0.932. The van der Waals surface area contributed by atoms with E-state index in [1.807, 2.05) is 24.3 Å². The maximum Gasteiger partial charge on any atom is 0.169 e. The summed E-state index contributed by atoms with van der Waals surface area (Å²) in [4.78, 5) is -0.0950. The number of hydrogen-bond donors (Lipinski definition) is 0. The molecule has 0 bridgehead atoms. The summed E-state index contributed by atoms with van der Waals surface area (Å²) >= 11 is 12.9. The van der Waals surface area contributed by atoms with Crippen molar-refractivity contribution < 1.29 is 9.15 Å². The largest absolute Gasteiger partial charge is 0.496 e. The van der Waals surface area contributed by atoms with Crippen molar-refractivity contribution in [1.82, 2.24) is 0 Å². The molecule has 0 N–H and O–H groups in total. The molecule has 1 aromatic carbocycles. The summed E-state index contributed by atoms with van der Waals surface area (Å²) in [6.07, 6.45) is 0. The van der Waals surface area contributed by atoms with Gasteiger partial charge in [0.15, 0.2) is 4.67 Å². The molecule has 2 nitrogen and oxygen atoms in total. The molecule has 1 heterocycles. The lowest BCUT2D eigenvalue weighted by atomic mass is 10.1. The summed E-state index contributed by atoms with van der Waals surface area (Å²) in [5.74, 6) is 1.56. The molecule has 0 fully saturated rings. The summed E-state index contributed by atoms with van der Waals surface area (Å²) < 4.78 is 11.5. The van der Waals surface area contributed by atoms with Crippen LogP contribution in [0.1, 0.15) is 16.2 Å². The van der Waals surface area contributed by atoms with Gasteiger partial charge in [-0.2, -0.15) is 0 Å². The number of halogens is 3. The Morgan fingerprint density at radius 3 is 2.65 bits per heavy atom. The highest BCUT2D eigenvalue weighted by Crippen LogP contribution is 2.39. The Morgan fingerprint density at radius 2 is 2.06 bits per heavy atom. The fraction of sp³-hybridized carbons (Fsp3) is 0.167. The van der Waals surface area contributed by atoms with Crippen LogP contribution < -0.4 is 4.74 Å². The van der Waals surface area contributed by atoms with E-state index in [2.05, 4.69) is 31.9 Å². The average molecular weight is 380 g/mol. The van der Waals surface area contributed by atoms with E-state index in [0.29, 0.717) is 9.69 Å². The van der Waals surface area contributed by atoms with E-state index in [0.717, 1.165) is 17.1 Å². The average Bonchev–Trinajstić information content (AvgIpc) is 2.75. The van der Waals surface area contributed by atoms with Gasteiger partial charge in [0.1, 0.15) is 16.3 Å². The van der Waals surface area contributed by atoms with E-state index in [9.17, 15) is 0 Å². The van der Waals surface area contributed by atoms with Gasteiger partial charge in [0.2, 0.25) is 0 Å². The third-order valence-corrected chi connectivity index (χ3v) is 3.91. The number of rotatable bonds is 3. The lowest BCUT2D eigenvalue weighted by Crippen LogP contribution is -1.95. The van der Waals surface area contributed by atoms with Gasteiger partial charge in [-0.05, 0) is 46.3 Å². The van der Waals surface area contributed by atoms with E-state index in [1.165, 1.54) is 0 Å². The number of hydrogen-bond acceptors (Lipinski definition) is 2. The number of alkyl halides is 1. The van der Waals surface area contributed by atoms with Crippen LogP contribution in [-0.2, 0) is 0 Å². The second-order valence-electron chi connectivity index (χ2n) is 3.39. The van der Waals surface area contributed by atoms with Crippen LogP contribution in [0.15, 0.2) is 39.4 Å². The molecule has 0 saturated heterocycles. The normalized spacial score (nSPS) is 12.5. The molecule has 0 aliphatic carbocycles. The smallest absolute Gasteiger partial charge is 0.169 e. The Balaban J connectivity index is 2.42. The highest BCUT2D eigenvalue weighted by Gasteiger charge is 2.18. The summed E-state index contributed by atoms with van der Waals surface area (Å²) in [6.45, 7) is 0. The van der Waals surface area contributed by atoms with Gasteiger partial charge in [-0.1, -0.05) is 27.5 Å². The van der Waals surface area contributed by atoms with Crippen molar-refractivity contribution in [3.8, 4) is 5.75 Å². The van der Waals surface area contributed by atoms with Crippen LogP contribution in [0.5, 0.6) is 5.75 Å². The van der Waals surface area contributed by atoms with Gasteiger partial charge in [-0.25, -0.2) is 0 Å². The maximum absolute atomic E-state index is 5.99. The second-order valence-corrected chi connectivity index (χ2v) is 5.52. The Hall–Kier alpha value is -0.450. The zero-order chi connectivity index (χ0) is 12.4. The van der Waals surface area contributed by atoms with Crippen LogP contribution in [-0.4, -0.2) is 7.11 Å². The number of benzene rings is 1. The van der Waals surface area contributed by atoms with Crippen molar-refractivity contribution in [3.05, 3.63) is 51.3 Å². The van der Waals surface area contributed by atoms with Crippen LogP contribution >= 0.6 is 43.5 Å². The maximum atomic E-state index is 5.99. The van der Waals surface area contributed by atoms with Crippen molar-refractivity contribution in [2.75, 3.05) is 7.11 Å². The molecule has 17 heavy (non-hydrogen) atoms. The fourth-order valence-corrected chi connectivity index (χ4v) is 2.62. The molecule has 0 aliphatic rings. The van der Waals surface area contributed by atoms with Gasteiger partial charge >= 0.3 is 0 Å². The predicted octanol–water partition coefficient (Wildman–Crippen LogP) is 5.19. The molecule has 0 amide bonds. The molecule has 0 saturated carbocycles. The van der Waals surface area contributed by atoms with E-state index in [-0.39, 0.29) is 4.83 Å². The Bertz CT molecular complexity index is 525. The Labute approximate surface area is 121 Å². The predicted molar refractivity (Wildman–Crippen MR) is 75.2 cm³/mol. The van der Waals surface area contributed by atoms with Crippen molar-refractivity contribution >= 4 is 43.5 Å². The quantitative estimate of drug-likeness (QED) is 0.684. The Kier molecular flexibility index (Phi) is 4.17. The number of furan rings is 1. The second kappa shape index (κ2) is 5.46. The molecule has 0 spiro atoms. The van der Waals surface area contributed by atoms with Crippen LogP contribution in [0.3, 0.4) is 0 Å². The molecule has 1 unspecified atom stereocenters. The number of ether oxygens (including phenoxy) is 1. The molecule has 90 valence electrons. The highest BCUT2D eigenvalue weighted by molar-refractivity contribution is 9.10. The van der Waals surface area contributed by atoms with Crippen LogP contribution in [0, 0.1) is 0 Å². The first-order valence-corrected chi connectivity index (χ1v) is 6.93.